The summed E-state index contributed by atoms with van der Waals surface area (Å²) < 4.78 is 5.80. The number of aromatic amines is 1. The van der Waals surface area contributed by atoms with Crippen LogP contribution in [0.15, 0.2) is 41.2 Å². The zero-order valence-corrected chi connectivity index (χ0v) is 13.7. The maximum Gasteiger partial charge on any atom is 0.345 e. The van der Waals surface area contributed by atoms with Crippen LogP contribution in [0.25, 0.3) is 0 Å². The smallest absolute Gasteiger partial charge is 0.345 e. The van der Waals surface area contributed by atoms with Crippen molar-refractivity contribution in [3.8, 4) is 5.75 Å². The van der Waals surface area contributed by atoms with Gasteiger partial charge in [-0.05, 0) is 43.9 Å². The zero-order chi connectivity index (χ0) is 16.9. The van der Waals surface area contributed by atoms with Gasteiger partial charge < -0.3 is 14.6 Å². The Bertz CT molecular complexity index is 750. The van der Waals surface area contributed by atoms with Gasteiger partial charge in [0.1, 0.15) is 11.4 Å². The molecule has 1 aliphatic rings. The molecule has 0 bridgehead atoms. The second-order valence-corrected chi connectivity index (χ2v) is 6.11. The van der Waals surface area contributed by atoms with Gasteiger partial charge in [-0.1, -0.05) is 18.2 Å². The van der Waals surface area contributed by atoms with Gasteiger partial charge in [-0.2, -0.15) is 4.98 Å². The molecule has 0 aliphatic carbocycles. The molecule has 2 heterocycles. The predicted octanol–water partition coefficient (Wildman–Crippen LogP) is 2.01. The molecule has 1 fully saturated rings. The van der Waals surface area contributed by atoms with Gasteiger partial charge in [0.15, 0.2) is 0 Å². The van der Waals surface area contributed by atoms with E-state index >= 15 is 0 Å². The number of likely N-dealkylation sites (tertiary alicyclic amines) is 1. The lowest BCUT2D eigenvalue weighted by Gasteiger charge is -2.31. The van der Waals surface area contributed by atoms with E-state index in [4.69, 9.17) is 4.74 Å². The minimum absolute atomic E-state index is 0.174. The van der Waals surface area contributed by atoms with Crippen molar-refractivity contribution in [2.24, 2.45) is 5.92 Å². The number of nitrogens with zero attached hydrogens (tertiary/aromatic N) is 2. The first-order chi connectivity index (χ1) is 11.6. The molecule has 0 saturated carbocycles. The van der Waals surface area contributed by atoms with Crippen LogP contribution in [0.5, 0.6) is 5.75 Å². The fourth-order valence-corrected chi connectivity index (χ4v) is 2.88. The van der Waals surface area contributed by atoms with E-state index in [0.29, 0.717) is 31.3 Å². The molecule has 2 aromatic rings. The van der Waals surface area contributed by atoms with Crippen molar-refractivity contribution in [1.82, 2.24) is 14.9 Å². The molecule has 126 valence electrons. The number of nitrogens with one attached hydrogen (secondary N) is 1. The Balaban J connectivity index is 1.53. The number of H-pyrrole nitrogens is 1. The number of rotatable bonds is 4. The molecule has 1 aromatic heterocycles. The fourth-order valence-electron chi connectivity index (χ4n) is 2.88. The Morgan fingerprint density at radius 2 is 2.00 bits per heavy atom. The molecular formula is C18H21N3O3. The van der Waals surface area contributed by atoms with Gasteiger partial charge in [-0.25, -0.2) is 4.79 Å². The monoisotopic (exact) mass is 327 g/mol. The molecule has 1 aromatic carbocycles. The molecule has 0 spiro atoms. The lowest BCUT2D eigenvalue weighted by molar-refractivity contribution is 0.0654. The first-order valence-corrected chi connectivity index (χ1v) is 8.17. The first kappa shape index (κ1) is 16.2. The summed E-state index contributed by atoms with van der Waals surface area (Å²) in [6, 6.07) is 11.4. The Morgan fingerprint density at radius 3 is 2.67 bits per heavy atom. The van der Waals surface area contributed by atoms with E-state index in [-0.39, 0.29) is 11.6 Å². The van der Waals surface area contributed by atoms with Gasteiger partial charge in [-0.15, -0.1) is 0 Å². The molecule has 1 amide bonds. The van der Waals surface area contributed by atoms with Crippen molar-refractivity contribution < 1.29 is 9.53 Å². The summed E-state index contributed by atoms with van der Waals surface area (Å²) in [6.45, 7) is 3.73. The van der Waals surface area contributed by atoms with Gasteiger partial charge in [0, 0.05) is 18.8 Å². The summed E-state index contributed by atoms with van der Waals surface area (Å²) in [5, 5.41) is 0. The number of hydrogen-bond acceptors (Lipinski definition) is 4. The average Bonchev–Trinajstić information content (AvgIpc) is 2.60. The van der Waals surface area contributed by atoms with E-state index in [9.17, 15) is 9.59 Å². The van der Waals surface area contributed by atoms with E-state index in [1.807, 2.05) is 30.3 Å². The van der Waals surface area contributed by atoms with Crippen LogP contribution in [-0.2, 0) is 0 Å². The third-order valence-electron chi connectivity index (χ3n) is 4.23. The highest BCUT2D eigenvalue weighted by molar-refractivity contribution is 5.92. The van der Waals surface area contributed by atoms with Gasteiger partial charge in [0.25, 0.3) is 5.91 Å². The standard InChI is InChI=1S/C18H21N3O3/c1-13-11-16(20-18(23)19-13)17(22)21-9-7-14(8-10-21)12-24-15-5-3-2-4-6-15/h2-6,11,14H,7-10,12H2,1H3,(H,19,20,23). The number of aromatic nitrogens is 2. The fraction of sp³-hybridized carbons (Fsp3) is 0.389. The molecule has 1 saturated heterocycles. The van der Waals surface area contributed by atoms with Crippen LogP contribution >= 0.6 is 0 Å². The third-order valence-corrected chi connectivity index (χ3v) is 4.23. The van der Waals surface area contributed by atoms with E-state index in [0.717, 1.165) is 18.6 Å². The number of amides is 1. The molecular weight excluding hydrogens is 306 g/mol. The maximum absolute atomic E-state index is 12.5. The highest BCUT2D eigenvalue weighted by atomic mass is 16.5. The summed E-state index contributed by atoms with van der Waals surface area (Å²) in [7, 11) is 0. The normalized spacial score (nSPS) is 15.3. The number of ether oxygens (including phenoxy) is 1. The SMILES string of the molecule is Cc1cc(C(=O)N2CCC(COc3ccccc3)CC2)nc(=O)[nH]1. The van der Waals surface area contributed by atoms with Crippen LogP contribution in [0.1, 0.15) is 29.0 Å². The van der Waals surface area contributed by atoms with Crippen LogP contribution < -0.4 is 10.4 Å². The van der Waals surface area contributed by atoms with Crippen molar-refractivity contribution in [2.75, 3.05) is 19.7 Å². The number of para-hydroxylation sites is 1. The third kappa shape index (κ3) is 4.01. The summed E-state index contributed by atoms with van der Waals surface area (Å²) in [4.78, 5) is 32.0. The topological polar surface area (TPSA) is 75.3 Å². The van der Waals surface area contributed by atoms with Crippen molar-refractivity contribution in [3.05, 3.63) is 58.3 Å². The van der Waals surface area contributed by atoms with Crippen LogP contribution in [-0.4, -0.2) is 40.5 Å². The Labute approximate surface area is 140 Å². The van der Waals surface area contributed by atoms with Crippen LogP contribution in [0, 0.1) is 12.8 Å². The van der Waals surface area contributed by atoms with Crippen molar-refractivity contribution in [2.45, 2.75) is 19.8 Å². The molecule has 0 radical (unpaired) electrons. The van der Waals surface area contributed by atoms with Gasteiger partial charge >= 0.3 is 5.69 Å². The quantitative estimate of drug-likeness (QED) is 0.932. The number of carbonyl (C=O) groups is 1. The van der Waals surface area contributed by atoms with Crippen molar-refractivity contribution in [3.63, 3.8) is 0 Å². The molecule has 6 heteroatoms. The van der Waals surface area contributed by atoms with E-state index in [2.05, 4.69) is 9.97 Å². The zero-order valence-electron chi connectivity index (χ0n) is 13.7. The lowest BCUT2D eigenvalue weighted by atomic mass is 9.97. The second-order valence-electron chi connectivity index (χ2n) is 6.11. The van der Waals surface area contributed by atoms with E-state index < -0.39 is 5.69 Å². The van der Waals surface area contributed by atoms with Crippen LogP contribution in [0.4, 0.5) is 0 Å². The van der Waals surface area contributed by atoms with E-state index in [1.54, 1.807) is 17.9 Å². The van der Waals surface area contributed by atoms with Crippen molar-refractivity contribution in [1.29, 1.82) is 0 Å². The molecule has 0 unspecified atom stereocenters. The number of aryl methyl sites for hydroxylation is 1. The number of carbonyl (C=O) groups excluding carboxylic acids is 1. The van der Waals surface area contributed by atoms with Crippen molar-refractivity contribution >= 4 is 5.91 Å². The molecule has 1 N–H and O–H groups in total. The van der Waals surface area contributed by atoms with Crippen LogP contribution in [0.3, 0.4) is 0 Å². The number of benzene rings is 1. The predicted molar refractivity (Wildman–Crippen MR) is 90.2 cm³/mol. The Morgan fingerprint density at radius 1 is 1.29 bits per heavy atom. The summed E-state index contributed by atoms with van der Waals surface area (Å²) in [6.07, 6.45) is 1.78. The Kier molecular flexibility index (Phi) is 4.93. The Hall–Kier alpha value is -2.63. The second kappa shape index (κ2) is 7.29. The van der Waals surface area contributed by atoms with Gasteiger partial charge in [0.2, 0.25) is 0 Å². The van der Waals surface area contributed by atoms with Crippen LogP contribution in [0.2, 0.25) is 0 Å². The summed E-state index contributed by atoms with van der Waals surface area (Å²) in [5.41, 5.74) is 0.379. The largest absolute Gasteiger partial charge is 0.493 e. The van der Waals surface area contributed by atoms with Gasteiger partial charge in [-0.3, -0.25) is 4.79 Å². The minimum Gasteiger partial charge on any atom is -0.493 e. The summed E-state index contributed by atoms with van der Waals surface area (Å²) in [5.74, 6) is 1.13. The molecule has 0 atom stereocenters. The number of hydrogen-bond donors (Lipinski definition) is 1. The number of piperidine rings is 1. The maximum atomic E-state index is 12.5. The highest BCUT2D eigenvalue weighted by Gasteiger charge is 2.25. The lowest BCUT2D eigenvalue weighted by Crippen LogP contribution is -2.40. The minimum atomic E-state index is -0.482. The molecule has 1 aliphatic heterocycles. The van der Waals surface area contributed by atoms with Gasteiger partial charge in [0.05, 0.1) is 6.61 Å². The molecule has 24 heavy (non-hydrogen) atoms. The highest BCUT2D eigenvalue weighted by Crippen LogP contribution is 2.20. The average molecular weight is 327 g/mol. The summed E-state index contributed by atoms with van der Waals surface area (Å²) >= 11 is 0. The first-order valence-electron chi connectivity index (χ1n) is 8.17. The molecule has 3 rings (SSSR count). The molecule has 6 nitrogen and oxygen atoms in total. The van der Waals surface area contributed by atoms with E-state index in [1.165, 1.54) is 0 Å².